The molecule has 24 heavy (non-hydrogen) atoms. The first-order valence-corrected chi connectivity index (χ1v) is 8.97. The first-order chi connectivity index (χ1) is 11.4. The molecule has 122 valence electrons. The second-order valence-electron chi connectivity index (χ2n) is 4.81. The number of aromatic hydroxyl groups is 1. The number of nitrogens with zero attached hydrogens (tertiary/aromatic N) is 1. The molecule has 0 aliphatic heterocycles. The molecule has 0 fully saturated rings. The lowest BCUT2D eigenvalue weighted by molar-refractivity contribution is 0.112. The van der Waals surface area contributed by atoms with E-state index < -0.39 is 31.9 Å². The van der Waals surface area contributed by atoms with Gasteiger partial charge in [0.2, 0.25) is 9.84 Å². The highest BCUT2D eigenvalue weighted by Gasteiger charge is 2.24. The molecule has 1 N–H and O–H groups in total. The molecule has 0 amide bonds. The maximum atomic E-state index is 13.7. The number of phenols is 1. The van der Waals surface area contributed by atoms with Crippen LogP contribution in [0.15, 0.2) is 57.8 Å². The van der Waals surface area contributed by atoms with Crippen molar-refractivity contribution in [3.05, 3.63) is 60.0 Å². The number of carbonyl (C=O) groups excluding carboxylic acids is 1. The number of phenolic OH excluding ortho intramolecular Hbond substituents is 1. The molecule has 3 aromatic rings. The number of aromatic nitrogens is 1. The lowest BCUT2D eigenvalue weighted by atomic mass is 10.2. The minimum atomic E-state index is -4.05. The zero-order chi connectivity index (χ0) is 17.3. The van der Waals surface area contributed by atoms with Crippen molar-refractivity contribution in [2.24, 2.45) is 0 Å². The van der Waals surface area contributed by atoms with E-state index in [1.54, 1.807) is 24.3 Å². The smallest absolute Gasteiger partial charge is 0.217 e. The van der Waals surface area contributed by atoms with Crippen LogP contribution >= 0.6 is 11.3 Å². The summed E-state index contributed by atoms with van der Waals surface area (Å²) >= 11 is 0.939. The van der Waals surface area contributed by atoms with Gasteiger partial charge >= 0.3 is 0 Å². The highest BCUT2D eigenvalue weighted by atomic mass is 32.2. The summed E-state index contributed by atoms with van der Waals surface area (Å²) in [6.45, 7) is 0. The van der Waals surface area contributed by atoms with E-state index in [0.717, 1.165) is 23.0 Å². The number of benzene rings is 2. The first kappa shape index (κ1) is 16.3. The highest BCUT2D eigenvalue weighted by Crippen LogP contribution is 2.33. The van der Waals surface area contributed by atoms with Gasteiger partial charge in [-0.1, -0.05) is 30.3 Å². The van der Waals surface area contributed by atoms with Gasteiger partial charge in [0.1, 0.15) is 9.22 Å². The predicted octanol–water partition coefficient (Wildman–Crippen LogP) is 3.30. The standard InChI is InChI=1S/C16H10FNO4S2/c17-13-7-12(6-11(9-19)15(13)20)24(21,22)14-8-18-16(23-14)10-4-2-1-3-5-10/h1-9,20H. The predicted molar refractivity (Wildman–Crippen MR) is 86.5 cm³/mol. The normalized spacial score (nSPS) is 11.4. The summed E-state index contributed by atoms with van der Waals surface area (Å²) < 4.78 is 38.8. The van der Waals surface area contributed by atoms with E-state index >= 15 is 0 Å². The number of aldehydes is 1. The number of hydrogen-bond acceptors (Lipinski definition) is 6. The van der Waals surface area contributed by atoms with Gasteiger partial charge in [-0.25, -0.2) is 17.8 Å². The molecule has 0 saturated carbocycles. The Labute approximate surface area is 141 Å². The van der Waals surface area contributed by atoms with Crippen LogP contribution in [0.3, 0.4) is 0 Å². The molecule has 0 radical (unpaired) electrons. The molecule has 2 aromatic carbocycles. The number of rotatable bonds is 4. The van der Waals surface area contributed by atoms with E-state index in [1.165, 1.54) is 6.20 Å². The van der Waals surface area contributed by atoms with Crippen LogP contribution in [0.25, 0.3) is 10.6 Å². The number of hydrogen-bond donors (Lipinski definition) is 1. The Hall–Kier alpha value is -2.58. The minimum Gasteiger partial charge on any atom is -0.504 e. The molecule has 1 heterocycles. The maximum Gasteiger partial charge on any atom is 0.217 e. The molecular weight excluding hydrogens is 353 g/mol. The third-order valence-electron chi connectivity index (χ3n) is 3.27. The van der Waals surface area contributed by atoms with Crippen LogP contribution in [0.5, 0.6) is 5.75 Å². The van der Waals surface area contributed by atoms with E-state index in [1.807, 2.05) is 6.07 Å². The van der Waals surface area contributed by atoms with Gasteiger partial charge in [0.05, 0.1) is 16.7 Å². The number of carbonyl (C=O) groups is 1. The van der Waals surface area contributed by atoms with Crippen LogP contribution in [-0.2, 0) is 9.84 Å². The fourth-order valence-corrected chi connectivity index (χ4v) is 4.64. The fourth-order valence-electron chi connectivity index (χ4n) is 2.05. The molecule has 0 atom stereocenters. The van der Waals surface area contributed by atoms with Crippen molar-refractivity contribution in [1.82, 2.24) is 4.98 Å². The van der Waals surface area contributed by atoms with Crippen molar-refractivity contribution >= 4 is 27.5 Å². The van der Waals surface area contributed by atoms with Crippen LogP contribution in [-0.4, -0.2) is 24.8 Å². The zero-order valence-electron chi connectivity index (χ0n) is 12.0. The molecule has 0 aliphatic carbocycles. The Kier molecular flexibility index (Phi) is 4.16. The van der Waals surface area contributed by atoms with E-state index in [4.69, 9.17) is 0 Å². The summed E-state index contributed by atoms with van der Waals surface area (Å²) in [5.74, 6) is -2.05. The number of sulfone groups is 1. The summed E-state index contributed by atoms with van der Waals surface area (Å²) in [6.07, 6.45) is 1.38. The lowest BCUT2D eigenvalue weighted by Crippen LogP contribution is -2.02. The quantitative estimate of drug-likeness (QED) is 0.719. The lowest BCUT2D eigenvalue weighted by Gasteiger charge is -2.05. The Morgan fingerprint density at radius 1 is 1.17 bits per heavy atom. The van der Waals surface area contributed by atoms with Gasteiger partial charge in [0.25, 0.3) is 0 Å². The molecule has 3 rings (SSSR count). The van der Waals surface area contributed by atoms with Gasteiger partial charge in [0.15, 0.2) is 17.9 Å². The van der Waals surface area contributed by atoms with E-state index in [-0.39, 0.29) is 10.5 Å². The van der Waals surface area contributed by atoms with Gasteiger partial charge in [0, 0.05) is 5.56 Å². The van der Waals surface area contributed by atoms with Crippen molar-refractivity contribution in [3.63, 3.8) is 0 Å². The van der Waals surface area contributed by atoms with Crippen molar-refractivity contribution in [2.75, 3.05) is 0 Å². The second-order valence-corrected chi connectivity index (χ2v) is 8.02. The van der Waals surface area contributed by atoms with Crippen molar-refractivity contribution in [1.29, 1.82) is 0 Å². The molecule has 1 aromatic heterocycles. The Morgan fingerprint density at radius 3 is 2.54 bits per heavy atom. The van der Waals surface area contributed by atoms with Crippen molar-refractivity contribution < 1.29 is 22.7 Å². The Bertz CT molecular complexity index is 1010. The Morgan fingerprint density at radius 2 is 1.88 bits per heavy atom. The van der Waals surface area contributed by atoms with Crippen LogP contribution in [0, 0.1) is 5.82 Å². The largest absolute Gasteiger partial charge is 0.504 e. The molecule has 8 heteroatoms. The summed E-state index contributed by atoms with van der Waals surface area (Å²) in [7, 11) is -4.05. The Balaban J connectivity index is 2.08. The number of halogens is 1. The van der Waals surface area contributed by atoms with Crippen LogP contribution in [0.1, 0.15) is 10.4 Å². The average Bonchev–Trinajstić information content (AvgIpc) is 3.08. The monoisotopic (exact) mass is 363 g/mol. The third kappa shape index (κ3) is 2.81. The summed E-state index contributed by atoms with van der Waals surface area (Å²) in [5, 5.41) is 9.90. The summed E-state index contributed by atoms with van der Waals surface area (Å²) in [4.78, 5) is 14.5. The summed E-state index contributed by atoms with van der Waals surface area (Å²) in [6, 6.07) is 10.6. The van der Waals surface area contributed by atoms with E-state index in [2.05, 4.69) is 4.98 Å². The van der Waals surface area contributed by atoms with E-state index in [9.17, 15) is 22.7 Å². The average molecular weight is 363 g/mol. The van der Waals surface area contributed by atoms with Crippen molar-refractivity contribution in [3.8, 4) is 16.3 Å². The maximum absolute atomic E-state index is 13.7. The van der Waals surface area contributed by atoms with Gasteiger partial charge in [-0.05, 0) is 12.1 Å². The first-order valence-electron chi connectivity index (χ1n) is 6.67. The van der Waals surface area contributed by atoms with Crippen LogP contribution in [0.2, 0.25) is 0 Å². The second kappa shape index (κ2) is 6.14. The molecule has 0 unspecified atom stereocenters. The molecule has 0 aliphatic rings. The fraction of sp³-hybridized carbons (Fsp3) is 0. The molecule has 0 saturated heterocycles. The van der Waals surface area contributed by atoms with E-state index in [0.29, 0.717) is 11.1 Å². The van der Waals surface area contributed by atoms with Gasteiger partial charge in [-0.15, -0.1) is 11.3 Å². The van der Waals surface area contributed by atoms with Gasteiger partial charge < -0.3 is 5.11 Å². The van der Waals surface area contributed by atoms with Crippen molar-refractivity contribution in [2.45, 2.75) is 9.10 Å². The topological polar surface area (TPSA) is 84.3 Å². The van der Waals surface area contributed by atoms with Gasteiger partial charge in [-0.3, -0.25) is 4.79 Å². The third-order valence-corrected chi connectivity index (χ3v) is 6.51. The van der Waals surface area contributed by atoms with Crippen LogP contribution < -0.4 is 0 Å². The number of thiazole rings is 1. The molecule has 5 nitrogen and oxygen atoms in total. The van der Waals surface area contributed by atoms with Gasteiger partial charge in [-0.2, -0.15) is 0 Å². The minimum absolute atomic E-state index is 0.0803. The zero-order valence-corrected chi connectivity index (χ0v) is 13.6. The SMILES string of the molecule is O=Cc1cc(S(=O)(=O)c2cnc(-c3ccccc3)s2)cc(F)c1O. The highest BCUT2D eigenvalue weighted by molar-refractivity contribution is 7.93. The van der Waals surface area contributed by atoms with Crippen LogP contribution in [0.4, 0.5) is 4.39 Å². The summed E-state index contributed by atoms with van der Waals surface area (Å²) in [5.41, 5.74) is 0.329. The molecular formula is C16H10FNO4S2. The molecule has 0 spiro atoms. The molecule has 0 bridgehead atoms.